The Kier molecular flexibility index (Phi) is 3.71. The van der Waals surface area contributed by atoms with E-state index in [9.17, 15) is 4.39 Å². The second-order valence-electron chi connectivity index (χ2n) is 5.30. The van der Waals surface area contributed by atoms with Crippen molar-refractivity contribution in [1.82, 2.24) is 15.2 Å². The Balaban J connectivity index is 1.95. The minimum Gasteiger partial charge on any atom is -0.276 e. The Bertz CT molecular complexity index is 1060. The molecule has 1 N–H and O–H groups in total. The molecule has 2 aromatic heterocycles. The van der Waals surface area contributed by atoms with Crippen molar-refractivity contribution in [2.24, 2.45) is 0 Å². The monoisotopic (exact) mass is 357 g/mol. The van der Waals surface area contributed by atoms with Crippen molar-refractivity contribution in [3.8, 4) is 22.4 Å². The molecule has 0 aliphatic heterocycles. The zero-order chi connectivity index (χ0) is 16.7. The summed E-state index contributed by atoms with van der Waals surface area (Å²) in [5, 5.41) is 8.49. The van der Waals surface area contributed by atoms with Crippen molar-refractivity contribution in [2.75, 3.05) is 0 Å². The number of halogens is 3. The van der Waals surface area contributed by atoms with Gasteiger partial charge >= 0.3 is 0 Å². The lowest BCUT2D eigenvalue weighted by atomic mass is 9.98. The summed E-state index contributed by atoms with van der Waals surface area (Å²) in [4.78, 5) is 4.36. The number of fused-ring (bicyclic) bond motifs is 1. The predicted molar refractivity (Wildman–Crippen MR) is 94.7 cm³/mol. The molecule has 0 saturated carbocycles. The van der Waals surface area contributed by atoms with Crippen LogP contribution in [0.25, 0.3) is 33.3 Å². The molecule has 4 aromatic rings. The van der Waals surface area contributed by atoms with E-state index in [0.717, 1.165) is 22.0 Å². The third kappa shape index (κ3) is 2.54. The van der Waals surface area contributed by atoms with Crippen LogP contribution in [0.3, 0.4) is 0 Å². The Morgan fingerprint density at radius 3 is 2.71 bits per heavy atom. The van der Waals surface area contributed by atoms with Crippen LogP contribution in [0.1, 0.15) is 0 Å². The molecule has 4 rings (SSSR count). The van der Waals surface area contributed by atoms with Crippen molar-refractivity contribution in [3.05, 3.63) is 70.7 Å². The summed E-state index contributed by atoms with van der Waals surface area (Å²) in [7, 11) is 0. The van der Waals surface area contributed by atoms with Gasteiger partial charge in [-0.3, -0.25) is 10.1 Å². The maximum atomic E-state index is 14.3. The lowest BCUT2D eigenvalue weighted by Gasteiger charge is -2.10. The molecule has 0 unspecified atom stereocenters. The Labute approximate surface area is 147 Å². The summed E-state index contributed by atoms with van der Waals surface area (Å²) in [6.45, 7) is 0. The number of hydrogen-bond donors (Lipinski definition) is 1. The number of pyridine rings is 1. The van der Waals surface area contributed by atoms with Crippen LogP contribution in [0, 0.1) is 5.82 Å². The van der Waals surface area contributed by atoms with Gasteiger partial charge in [-0.15, -0.1) is 0 Å². The first-order valence-electron chi connectivity index (χ1n) is 7.18. The van der Waals surface area contributed by atoms with E-state index in [2.05, 4.69) is 15.2 Å². The molecule has 0 aliphatic carbocycles. The number of aromatic nitrogens is 3. The summed E-state index contributed by atoms with van der Waals surface area (Å²) in [5.74, 6) is -0.373. The van der Waals surface area contributed by atoms with Gasteiger partial charge in [-0.25, -0.2) is 4.39 Å². The van der Waals surface area contributed by atoms with Gasteiger partial charge in [0.1, 0.15) is 5.82 Å². The van der Waals surface area contributed by atoms with Crippen molar-refractivity contribution in [2.45, 2.75) is 0 Å². The first-order valence-corrected chi connectivity index (χ1v) is 7.93. The summed E-state index contributed by atoms with van der Waals surface area (Å²) < 4.78 is 14.3. The number of nitrogens with one attached hydrogen (secondary N) is 1. The van der Waals surface area contributed by atoms with Gasteiger partial charge in [0, 0.05) is 27.7 Å². The second kappa shape index (κ2) is 5.89. The van der Waals surface area contributed by atoms with E-state index < -0.39 is 0 Å². The van der Waals surface area contributed by atoms with Gasteiger partial charge in [0.2, 0.25) is 0 Å². The fraction of sp³-hybridized carbons (Fsp3) is 0. The van der Waals surface area contributed by atoms with Crippen molar-refractivity contribution >= 4 is 34.1 Å². The molecule has 0 spiro atoms. The van der Waals surface area contributed by atoms with Crippen molar-refractivity contribution in [1.29, 1.82) is 0 Å². The first kappa shape index (κ1) is 15.1. The highest BCUT2D eigenvalue weighted by Crippen LogP contribution is 2.35. The predicted octanol–water partition coefficient (Wildman–Crippen LogP) is 5.74. The van der Waals surface area contributed by atoms with Crippen LogP contribution in [0.5, 0.6) is 0 Å². The summed E-state index contributed by atoms with van der Waals surface area (Å²) in [6, 6.07) is 13.8. The van der Waals surface area contributed by atoms with E-state index in [0.29, 0.717) is 21.4 Å². The number of nitrogens with zero attached hydrogens (tertiary/aromatic N) is 2. The fourth-order valence-corrected chi connectivity index (χ4v) is 3.05. The van der Waals surface area contributed by atoms with E-state index in [1.54, 1.807) is 12.3 Å². The molecule has 0 bridgehead atoms. The standard InChI is InChI=1S/C18H10Cl2FN3/c19-11-4-5-15(21)13(9-11)17-12(2-1-7-22-17)10-3-6-16-14(8-10)18(20)24-23-16/h1-9H,(H,23,24). The molecular weight excluding hydrogens is 348 g/mol. The summed E-state index contributed by atoms with van der Waals surface area (Å²) >= 11 is 12.1. The highest BCUT2D eigenvalue weighted by atomic mass is 35.5. The molecule has 0 atom stereocenters. The van der Waals surface area contributed by atoms with Crippen LogP contribution < -0.4 is 0 Å². The average molecular weight is 358 g/mol. The van der Waals surface area contributed by atoms with Gasteiger partial charge in [0.15, 0.2) is 5.15 Å². The molecule has 118 valence electrons. The van der Waals surface area contributed by atoms with E-state index in [4.69, 9.17) is 23.2 Å². The molecule has 3 nitrogen and oxygen atoms in total. The maximum Gasteiger partial charge on any atom is 0.158 e. The van der Waals surface area contributed by atoms with E-state index in [1.165, 1.54) is 12.1 Å². The minimum absolute atomic E-state index is 0.358. The highest BCUT2D eigenvalue weighted by Gasteiger charge is 2.14. The average Bonchev–Trinajstić information content (AvgIpc) is 2.98. The Hall–Kier alpha value is -2.43. The van der Waals surface area contributed by atoms with Crippen LogP contribution in [0.15, 0.2) is 54.7 Å². The molecular formula is C18H10Cl2FN3. The van der Waals surface area contributed by atoms with E-state index >= 15 is 0 Å². The van der Waals surface area contributed by atoms with Crippen molar-refractivity contribution < 1.29 is 4.39 Å². The normalized spacial score (nSPS) is 11.1. The quantitative estimate of drug-likeness (QED) is 0.497. The largest absolute Gasteiger partial charge is 0.276 e. The van der Waals surface area contributed by atoms with Gasteiger partial charge in [-0.2, -0.15) is 5.10 Å². The molecule has 0 fully saturated rings. The molecule has 2 aromatic carbocycles. The lowest BCUT2D eigenvalue weighted by Crippen LogP contribution is -1.92. The minimum atomic E-state index is -0.373. The second-order valence-corrected chi connectivity index (χ2v) is 6.09. The van der Waals surface area contributed by atoms with Gasteiger partial charge in [0.05, 0.1) is 11.2 Å². The third-order valence-electron chi connectivity index (χ3n) is 3.82. The SMILES string of the molecule is Fc1ccc(Cl)cc1-c1ncccc1-c1ccc2[nH]nc(Cl)c2c1. The first-order chi connectivity index (χ1) is 11.6. The number of benzene rings is 2. The molecule has 0 saturated heterocycles. The third-order valence-corrected chi connectivity index (χ3v) is 4.34. The fourth-order valence-electron chi connectivity index (χ4n) is 2.68. The molecule has 6 heteroatoms. The number of rotatable bonds is 2. The zero-order valence-electron chi connectivity index (χ0n) is 12.2. The smallest absolute Gasteiger partial charge is 0.158 e. The van der Waals surface area contributed by atoms with Crippen LogP contribution in [-0.2, 0) is 0 Å². The summed E-state index contributed by atoms with van der Waals surface area (Å²) in [6.07, 6.45) is 1.63. The lowest BCUT2D eigenvalue weighted by molar-refractivity contribution is 0.631. The number of hydrogen-bond acceptors (Lipinski definition) is 2. The summed E-state index contributed by atoms with van der Waals surface area (Å²) in [5.41, 5.74) is 3.38. The number of aromatic amines is 1. The molecule has 24 heavy (non-hydrogen) atoms. The zero-order valence-corrected chi connectivity index (χ0v) is 13.7. The molecule has 0 aliphatic rings. The molecule has 0 amide bonds. The highest BCUT2D eigenvalue weighted by molar-refractivity contribution is 6.34. The molecule has 2 heterocycles. The van der Waals surface area contributed by atoms with Gasteiger partial charge in [0.25, 0.3) is 0 Å². The van der Waals surface area contributed by atoms with Gasteiger partial charge < -0.3 is 0 Å². The van der Waals surface area contributed by atoms with Crippen LogP contribution >= 0.6 is 23.2 Å². The van der Waals surface area contributed by atoms with Gasteiger partial charge in [-0.05, 0) is 42.0 Å². The van der Waals surface area contributed by atoms with E-state index in [1.807, 2.05) is 30.3 Å². The van der Waals surface area contributed by atoms with Crippen LogP contribution in [0.4, 0.5) is 4.39 Å². The molecule has 0 radical (unpaired) electrons. The van der Waals surface area contributed by atoms with Crippen molar-refractivity contribution in [3.63, 3.8) is 0 Å². The van der Waals surface area contributed by atoms with Crippen LogP contribution in [0.2, 0.25) is 10.2 Å². The number of H-pyrrole nitrogens is 1. The van der Waals surface area contributed by atoms with Gasteiger partial charge in [-0.1, -0.05) is 35.3 Å². The Morgan fingerprint density at radius 1 is 0.958 bits per heavy atom. The maximum absolute atomic E-state index is 14.3. The topological polar surface area (TPSA) is 41.6 Å². The van der Waals surface area contributed by atoms with Crippen LogP contribution in [-0.4, -0.2) is 15.2 Å². The Morgan fingerprint density at radius 2 is 1.83 bits per heavy atom. The van der Waals surface area contributed by atoms with E-state index in [-0.39, 0.29) is 5.82 Å².